The summed E-state index contributed by atoms with van der Waals surface area (Å²) in [5.41, 5.74) is 4.15. The zero-order chi connectivity index (χ0) is 19.6. The predicted molar refractivity (Wildman–Crippen MR) is 115 cm³/mol. The topological polar surface area (TPSA) is 65.5 Å². The van der Waals surface area contributed by atoms with Gasteiger partial charge < -0.3 is 16.0 Å². The van der Waals surface area contributed by atoms with Gasteiger partial charge in [-0.3, -0.25) is 9.79 Å². The number of hydrogen-bond donors (Lipinski definition) is 3. The molecule has 0 aliphatic carbocycles. The summed E-state index contributed by atoms with van der Waals surface area (Å²) in [6, 6.07) is 13.9. The first-order valence-corrected chi connectivity index (χ1v) is 10.1. The summed E-state index contributed by atoms with van der Waals surface area (Å²) in [6.07, 6.45) is 2.91. The highest BCUT2D eigenvalue weighted by Gasteiger charge is 2.41. The summed E-state index contributed by atoms with van der Waals surface area (Å²) < 4.78 is 0. The molecule has 5 nitrogen and oxygen atoms in total. The Hall–Kier alpha value is -2.37. The average Bonchev–Trinajstić information content (AvgIpc) is 2.67. The first-order chi connectivity index (χ1) is 13.6. The molecule has 28 heavy (non-hydrogen) atoms. The number of carbonyl (C=O) groups excluding carboxylic acids is 1. The predicted octanol–water partition coefficient (Wildman–Crippen LogP) is 4.23. The number of nitrogens with zero attached hydrogens (tertiary/aromatic N) is 1. The highest BCUT2D eigenvalue weighted by molar-refractivity contribution is 6.30. The van der Waals surface area contributed by atoms with Crippen molar-refractivity contribution in [2.75, 3.05) is 23.7 Å². The van der Waals surface area contributed by atoms with Gasteiger partial charge in [-0.25, -0.2) is 0 Å². The van der Waals surface area contributed by atoms with Crippen LogP contribution >= 0.6 is 11.6 Å². The van der Waals surface area contributed by atoms with Crippen LogP contribution in [-0.4, -0.2) is 24.8 Å². The lowest BCUT2D eigenvalue weighted by Crippen LogP contribution is -2.49. The Labute approximate surface area is 170 Å². The number of hydrogen-bond acceptors (Lipinski definition) is 3. The normalized spacial score (nSPS) is 19.1. The number of rotatable bonds is 3. The monoisotopic (exact) mass is 396 g/mol. The molecule has 0 atom stereocenters. The fourth-order valence-electron chi connectivity index (χ4n) is 4.22. The van der Waals surface area contributed by atoms with Crippen molar-refractivity contribution in [2.45, 2.75) is 32.7 Å². The Balaban J connectivity index is 1.69. The highest BCUT2D eigenvalue weighted by atomic mass is 35.5. The van der Waals surface area contributed by atoms with Gasteiger partial charge >= 0.3 is 0 Å². The van der Waals surface area contributed by atoms with Crippen LogP contribution in [0.1, 0.15) is 30.9 Å². The number of amides is 1. The van der Waals surface area contributed by atoms with Crippen molar-refractivity contribution in [2.24, 2.45) is 10.4 Å². The molecule has 4 rings (SSSR count). The van der Waals surface area contributed by atoms with Crippen LogP contribution in [0.2, 0.25) is 5.02 Å². The summed E-state index contributed by atoms with van der Waals surface area (Å²) in [6.45, 7) is 4.08. The SMILES string of the molecule is CC(=O)Nc1cccc2c1CC1(CCNCC1)C(=NCc1cccc(Cl)c1)N2. The first kappa shape index (κ1) is 19.0. The zero-order valence-corrected chi connectivity index (χ0v) is 16.8. The Morgan fingerprint density at radius 2 is 2.00 bits per heavy atom. The third kappa shape index (κ3) is 3.91. The number of amidine groups is 1. The molecule has 0 radical (unpaired) electrons. The summed E-state index contributed by atoms with van der Waals surface area (Å²) >= 11 is 6.13. The highest BCUT2D eigenvalue weighted by Crippen LogP contribution is 2.43. The van der Waals surface area contributed by atoms with Crippen LogP contribution in [0.15, 0.2) is 47.5 Å². The minimum absolute atomic E-state index is 0.0363. The molecule has 0 saturated carbocycles. The molecule has 0 aromatic heterocycles. The van der Waals surface area contributed by atoms with Crippen LogP contribution in [0.4, 0.5) is 11.4 Å². The molecule has 1 fully saturated rings. The minimum Gasteiger partial charge on any atom is -0.343 e. The van der Waals surface area contributed by atoms with Crippen LogP contribution in [0.5, 0.6) is 0 Å². The van der Waals surface area contributed by atoms with Gasteiger partial charge in [-0.1, -0.05) is 29.8 Å². The van der Waals surface area contributed by atoms with E-state index in [0.29, 0.717) is 6.54 Å². The third-order valence-corrected chi connectivity index (χ3v) is 5.86. The van der Waals surface area contributed by atoms with Crippen molar-refractivity contribution in [3.05, 3.63) is 58.6 Å². The molecule has 0 bridgehead atoms. The molecule has 2 aliphatic rings. The van der Waals surface area contributed by atoms with E-state index in [2.05, 4.69) is 28.1 Å². The average molecular weight is 397 g/mol. The van der Waals surface area contributed by atoms with Gasteiger partial charge in [0, 0.05) is 34.3 Å². The summed E-state index contributed by atoms with van der Waals surface area (Å²) in [7, 11) is 0. The van der Waals surface area contributed by atoms with Crippen LogP contribution in [-0.2, 0) is 17.8 Å². The Kier molecular flexibility index (Phi) is 5.38. The number of piperidine rings is 1. The molecule has 146 valence electrons. The van der Waals surface area contributed by atoms with Crippen LogP contribution in [0.25, 0.3) is 0 Å². The van der Waals surface area contributed by atoms with Gasteiger partial charge in [0.25, 0.3) is 0 Å². The number of aliphatic imine (C=N–C) groups is 1. The fraction of sp³-hybridized carbons (Fsp3) is 0.364. The zero-order valence-electron chi connectivity index (χ0n) is 16.0. The van der Waals surface area contributed by atoms with Crippen LogP contribution in [0, 0.1) is 5.41 Å². The van der Waals surface area contributed by atoms with E-state index in [1.54, 1.807) is 6.92 Å². The van der Waals surface area contributed by atoms with Crippen molar-refractivity contribution in [1.82, 2.24) is 5.32 Å². The molecule has 2 aromatic rings. The van der Waals surface area contributed by atoms with E-state index in [1.165, 1.54) is 5.56 Å². The molecule has 6 heteroatoms. The second-order valence-corrected chi connectivity index (χ2v) is 8.08. The summed E-state index contributed by atoms with van der Waals surface area (Å²) in [5, 5.41) is 10.8. The smallest absolute Gasteiger partial charge is 0.221 e. The van der Waals surface area contributed by atoms with Crippen molar-refractivity contribution >= 4 is 34.7 Å². The lowest BCUT2D eigenvalue weighted by atomic mass is 9.70. The Morgan fingerprint density at radius 1 is 1.21 bits per heavy atom. The van der Waals surface area contributed by atoms with Crippen molar-refractivity contribution in [1.29, 1.82) is 0 Å². The maximum Gasteiger partial charge on any atom is 0.221 e. The lowest BCUT2D eigenvalue weighted by Gasteiger charge is -2.43. The van der Waals surface area contributed by atoms with Gasteiger partial charge in [0.15, 0.2) is 0 Å². The molecular formula is C22H25ClN4O. The first-order valence-electron chi connectivity index (χ1n) is 9.72. The molecule has 3 N–H and O–H groups in total. The van der Waals surface area contributed by atoms with Crippen molar-refractivity contribution in [3.8, 4) is 0 Å². The standard InChI is InChI=1S/C22H25ClN4O/c1-15(28)26-19-6-3-7-20-18(19)13-22(8-10-24-11-9-22)21(27-20)25-14-16-4-2-5-17(23)12-16/h2-7,12,24H,8-11,13-14H2,1H3,(H,25,27)(H,26,28). The van der Waals surface area contributed by atoms with E-state index in [9.17, 15) is 4.79 Å². The molecule has 2 aliphatic heterocycles. The van der Waals surface area contributed by atoms with Gasteiger partial charge in [-0.05, 0) is 62.2 Å². The van der Waals surface area contributed by atoms with Gasteiger partial charge in [0.1, 0.15) is 5.84 Å². The number of carbonyl (C=O) groups is 1. The molecule has 0 unspecified atom stereocenters. The molecule has 2 heterocycles. The maximum atomic E-state index is 11.6. The number of nitrogens with one attached hydrogen (secondary N) is 3. The molecule has 1 saturated heterocycles. The lowest BCUT2D eigenvalue weighted by molar-refractivity contribution is -0.114. The van der Waals surface area contributed by atoms with Gasteiger partial charge in [-0.2, -0.15) is 0 Å². The minimum atomic E-state index is -0.0480. The van der Waals surface area contributed by atoms with Crippen molar-refractivity contribution in [3.63, 3.8) is 0 Å². The van der Waals surface area contributed by atoms with E-state index in [0.717, 1.165) is 60.1 Å². The number of halogens is 1. The number of fused-ring (bicyclic) bond motifs is 1. The molecule has 2 aromatic carbocycles. The Morgan fingerprint density at radius 3 is 2.75 bits per heavy atom. The largest absolute Gasteiger partial charge is 0.343 e. The van der Waals surface area contributed by atoms with E-state index in [1.807, 2.05) is 30.3 Å². The summed E-state index contributed by atoms with van der Waals surface area (Å²) in [5.74, 6) is 0.995. The van der Waals surface area contributed by atoms with Gasteiger partial charge in [0.05, 0.1) is 6.54 Å². The number of anilines is 2. The summed E-state index contributed by atoms with van der Waals surface area (Å²) in [4.78, 5) is 16.6. The van der Waals surface area contributed by atoms with Crippen molar-refractivity contribution < 1.29 is 4.79 Å². The molecule has 1 spiro atoms. The third-order valence-electron chi connectivity index (χ3n) is 5.63. The van der Waals surface area contributed by atoms with E-state index >= 15 is 0 Å². The van der Waals surface area contributed by atoms with E-state index in [-0.39, 0.29) is 11.3 Å². The second-order valence-electron chi connectivity index (χ2n) is 7.64. The maximum absolute atomic E-state index is 11.6. The van der Waals surface area contributed by atoms with Crippen LogP contribution in [0.3, 0.4) is 0 Å². The van der Waals surface area contributed by atoms with E-state index < -0.39 is 0 Å². The van der Waals surface area contributed by atoms with E-state index in [4.69, 9.17) is 16.6 Å². The molecule has 1 amide bonds. The second kappa shape index (κ2) is 7.94. The number of benzene rings is 2. The molecular weight excluding hydrogens is 372 g/mol. The quantitative estimate of drug-likeness (QED) is 0.727. The van der Waals surface area contributed by atoms with Crippen LogP contribution < -0.4 is 16.0 Å². The van der Waals surface area contributed by atoms with Gasteiger partial charge in [-0.15, -0.1) is 0 Å². The fourth-order valence-corrected chi connectivity index (χ4v) is 4.43. The Bertz CT molecular complexity index is 919. The van der Waals surface area contributed by atoms with Gasteiger partial charge in [0.2, 0.25) is 5.91 Å².